The van der Waals surface area contributed by atoms with Gasteiger partial charge < -0.3 is 54.4 Å². The minimum absolute atomic E-state index is 0.0452. The summed E-state index contributed by atoms with van der Waals surface area (Å²) in [6.07, 6.45) is 2.48. The van der Waals surface area contributed by atoms with Gasteiger partial charge in [-0.05, 0) is 244 Å². The summed E-state index contributed by atoms with van der Waals surface area (Å²) in [5.41, 5.74) is 27.9. The summed E-state index contributed by atoms with van der Waals surface area (Å²) >= 11 is 0. The molecule has 14 aromatic carbocycles. The second kappa shape index (κ2) is 53.6. The summed E-state index contributed by atoms with van der Waals surface area (Å²) in [6, 6.07) is 115. The maximum atomic E-state index is 11.9. The van der Waals surface area contributed by atoms with Crippen LogP contribution in [0.15, 0.2) is 340 Å². The quantitative estimate of drug-likeness (QED) is 0.0372. The predicted molar refractivity (Wildman–Crippen MR) is 539 cm³/mol. The molecular weight excluding hydrogens is 1690 g/mol. The zero-order valence-electron chi connectivity index (χ0n) is 79.5. The van der Waals surface area contributed by atoms with Crippen molar-refractivity contribution in [3.05, 3.63) is 412 Å². The highest BCUT2D eigenvalue weighted by Crippen LogP contribution is 2.33. The molecule has 135 heavy (non-hydrogen) atoms. The number of primary amides is 1. The highest BCUT2D eigenvalue weighted by molar-refractivity contribution is 5.90. The Bertz CT molecular complexity index is 6230. The van der Waals surface area contributed by atoms with Gasteiger partial charge in [-0.3, -0.25) is 19.2 Å². The maximum Gasteiger partial charge on any atom is 0.335 e. The maximum absolute atomic E-state index is 11.9. The molecule has 0 saturated heterocycles. The number of ether oxygens (including phenoxy) is 6. The van der Waals surface area contributed by atoms with Gasteiger partial charge in [-0.25, -0.2) is 4.79 Å². The number of nitrogens with two attached hydrogens (primary N) is 1. The minimum Gasteiger partial charge on any atom is -0.497 e. The molecule has 1 aliphatic rings. The number of aryl methyl sites for hydroxylation is 6. The number of aliphatic carboxylic acids is 2. The van der Waals surface area contributed by atoms with Crippen molar-refractivity contribution in [3.63, 3.8) is 0 Å². The smallest absolute Gasteiger partial charge is 0.335 e. The topological polar surface area (TPSA) is 278 Å². The lowest BCUT2D eigenvalue weighted by molar-refractivity contribution is -0.148. The molecule has 18 nitrogen and oxygen atoms in total. The molecule has 0 unspecified atom stereocenters. The number of carboxylic acid groups (broad SMARTS) is 3. The number of hydrogen-bond donors (Lipinski definition) is 4. The number of rotatable bonds is 27. The van der Waals surface area contributed by atoms with Crippen LogP contribution in [-0.4, -0.2) is 90.5 Å². The SMILES string of the molecule is CCN(C(=O)CC(C)(C)C(N)=O)C1CC1.COCc1cccc(OCc2ccccc2)c1.COc1cc(COc2cccc(C)c2)cc(OC)c1.Cc1cccc(-c2ccc(C#N)cc2)c1.Cc1cccc(-c2ccc(CC(=O)O)cc2)c1.Cc1cccc(-c2ccc(OCC(C)(C)C(=O)O)cc2)c1.Cc1cccc(-c2cccc(C#N)c2)c1.Cc1cccc(-c2cccc(C(=O)O)c2)c1. The van der Waals surface area contributed by atoms with Gasteiger partial charge in [0.2, 0.25) is 11.8 Å². The normalized spacial score (nSPS) is 10.8. The summed E-state index contributed by atoms with van der Waals surface area (Å²) in [7, 11) is 4.97. The number of benzene rings is 14. The predicted octanol–water partition coefficient (Wildman–Crippen LogP) is 25.8. The third-order valence-corrected chi connectivity index (χ3v) is 21.4. The van der Waals surface area contributed by atoms with E-state index in [0.29, 0.717) is 48.3 Å². The molecular formula is C117H122N4O14. The van der Waals surface area contributed by atoms with Crippen molar-refractivity contribution in [1.29, 1.82) is 10.5 Å². The van der Waals surface area contributed by atoms with Crippen molar-refractivity contribution in [1.82, 2.24) is 4.90 Å². The van der Waals surface area contributed by atoms with E-state index in [1.807, 2.05) is 262 Å². The first kappa shape index (κ1) is 105. The average Bonchev–Trinajstić information content (AvgIpc) is 1.75. The number of hydrogen-bond acceptors (Lipinski definition) is 13. The van der Waals surface area contributed by atoms with Crippen LogP contribution in [0.25, 0.3) is 55.6 Å². The van der Waals surface area contributed by atoms with Crippen molar-refractivity contribution in [2.24, 2.45) is 16.6 Å². The molecule has 0 spiro atoms. The van der Waals surface area contributed by atoms with E-state index in [1.54, 1.807) is 67.2 Å². The van der Waals surface area contributed by atoms with E-state index in [0.717, 1.165) is 109 Å². The van der Waals surface area contributed by atoms with Gasteiger partial charge in [0.1, 0.15) is 48.6 Å². The number of amides is 2. The first-order chi connectivity index (χ1) is 64.7. The summed E-state index contributed by atoms with van der Waals surface area (Å²) < 4.78 is 32.6. The molecule has 15 rings (SSSR count). The molecule has 694 valence electrons. The molecule has 18 heteroatoms. The van der Waals surface area contributed by atoms with Crippen molar-refractivity contribution >= 4 is 29.7 Å². The standard InChI is InChI=1S/C18H20O3.C16H18O3.C15H14O2.C15H16O2.2C14H11N.C14H12O2.C11H20N2O2/c1-13-5-4-6-15(11-13)14-7-9-16(10-8-14)21-12-18(2,3)17(19)20;1-12-5-4-6-14(7-12)19-11-13-8-15(17-2)10-16(9-13)18-3;1-11-3-2-4-14(9-11)13-7-5-12(6-8-13)10-15(16)17;1-16-11-14-8-5-9-15(10-14)17-12-13-6-3-2-4-7-13;1-11-4-2-6-13(8-11)14-7-3-5-12(9-14)10-15;1-11-3-2-4-14(9-11)13-7-5-12(10-15)6-8-13;1-10-4-2-5-11(8-10)12-6-3-7-13(9-12)14(15)16;1-4-13(8-5-6-8)9(14)7-11(2,3)10(12)15/h4-11H,12H2,1-3H3,(H,19,20);4-10H,11H2,1-3H3;2-9H,10H2,1H3,(H,16,17);2-10H,11-12H2,1H3;2*2-9H,1H3;2-9H,1H3,(H,15,16);8H,4-7H2,1-3H3,(H2,12,15). The molecule has 1 aliphatic carbocycles. The van der Waals surface area contributed by atoms with E-state index in [-0.39, 0.29) is 25.4 Å². The van der Waals surface area contributed by atoms with Crippen LogP contribution in [0.4, 0.5) is 0 Å². The highest BCUT2D eigenvalue weighted by Gasteiger charge is 2.36. The van der Waals surface area contributed by atoms with Gasteiger partial charge in [-0.2, -0.15) is 10.5 Å². The largest absolute Gasteiger partial charge is 0.497 e. The molecule has 2 amide bonds. The molecule has 0 aromatic heterocycles. The van der Waals surface area contributed by atoms with Crippen LogP contribution in [0.5, 0.6) is 28.7 Å². The molecule has 5 N–H and O–H groups in total. The van der Waals surface area contributed by atoms with Crippen LogP contribution >= 0.6 is 0 Å². The lowest BCUT2D eigenvalue weighted by Gasteiger charge is -2.26. The van der Waals surface area contributed by atoms with E-state index < -0.39 is 34.6 Å². The molecule has 14 aromatic rings. The van der Waals surface area contributed by atoms with Gasteiger partial charge in [0.25, 0.3) is 0 Å². The lowest BCUT2D eigenvalue weighted by atomic mass is 9.88. The second-order valence-corrected chi connectivity index (χ2v) is 33.9. The van der Waals surface area contributed by atoms with Crippen LogP contribution in [0.2, 0.25) is 0 Å². The Morgan fingerprint density at radius 2 is 0.763 bits per heavy atom. The van der Waals surface area contributed by atoms with Crippen LogP contribution in [0.3, 0.4) is 0 Å². The van der Waals surface area contributed by atoms with Crippen molar-refractivity contribution in [3.8, 4) is 96.5 Å². The molecule has 1 saturated carbocycles. The van der Waals surface area contributed by atoms with Crippen molar-refractivity contribution in [2.75, 3.05) is 34.5 Å². The molecule has 0 radical (unpaired) electrons. The van der Waals surface area contributed by atoms with Crippen LogP contribution in [0, 0.1) is 75.0 Å². The number of nitrogens with zero attached hydrogens (tertiary/aromatic N) is 3. The number of carboxylic acids is 3. The third-order valence-electron chi connectivity index (χ3n) is 21.4. The molecule has 1 fully saturated rings. The summed E-state index contributed by atoms with van der Waals surface area (Å²) in [5, 5.41) is 44.2. The van der Waals surface area contributed by atoms with E-state index >= 15 is 0 Å². The minimum atomic E-state index is -0.894. The first-order valence-corrected chi connectivity index (χ1v) is 44.5. The van der Waals surface area contributed by atoms with Gasteiger partial charge in [0.05, 0.1) is 66.9 Å². The van der Waals surface area contributed by atoms with E-state index in [1.165, 1.54) is 44.5 Å². The van der Waals surface area contributed by atoms with Crippen LogP contribution in [-0.2, 0) is 50.2 Å². The summed E-state index contributed by atoms with van der Waals surface area (Å²) in [4.78, 5) is 57.3. The Morgan fingerprint density at radius 3 is 1.18 bits per heavy atom. The first-order valence-electron chi connectivity index (χ1n) is 44.5. The Balaban J connectivity index is 0.000000190. The monoisotopic (exact) mass is 1810 g/mol. The zero-order valence-corrected chi connectivity index (χ0v) is 79.5. The molecule has 0 bridgehead atoms. The lowest BCUT2D eigenvalue weighted by Crippen LogP contribution is -2.40. The van der Waals surface area contributed by atoms with E-state index in [4.69, 9.17) is 60.0 Å². The Labute approximate surface area is 795 Å². The van der Waals surface area contributed by atoms with Gasteiger partial charge >= 0.3 is 17.9 Å². The highest BCUT2D eigenvalue weighted by atomic mass is 16.5. The third kappa shape index (κ3) is 36.6. The zero-order chi connectivity index (χ0) is 97.8. The molecule has 0 atom stereocenters. The average molecular weight is 1810 g/mol. The number of aromatic carboxylic acids is 1. The van der Waals surface area contributed by atoms with Crippen molar-refractivity contribution in [2.45, 2.75) is 128 Å². The van der Waals surface area contributed by atoms with Crippen LogP contribution < -0.4 is 29.4 Å². The van der Waals surface area contributed by atoms with Gasteiger partial charge in [-0.15, -0.1) is 0 Å². The molecule has 0 heterocycles. The number of nitriles is 2. The van der Waals surface area contributed by atoms with E-state index in [9.17, 15) is 24.0 Å². The van der Waals surface area contributed by atoms with Gasteiger partial charge in [0, 0.05) is 32.2 Å². The van der Waals surface area contributed by atoms with Crippen LogP contribution in [0.1, 0.15) is 131 Å². The Morgan fingerprint density at radius 1 is 0.370 bits per heavy atom. The van der Waals surface area contributed by atoms with Crippen molar-refractivity contribution < 1.29 is 67.7 Å². The van der Waals surface area contributed by atoms with E-state index in [2.05, 4.69) is 125 Å². The fourth-order valence-corrected chi connectivity index (χ4v) is 13.6. The second-order valence-electron chi connectivity index (χ2n) is 33.9. The fraction of sp³-hybridized carbons (Fsp3) is 0.222. The Hall–Kier alpha value is -15.6. The fourth-order valence-electron chi connectivity index (χ4n) is 13.6. The number of carbonyl (C=O) groups excluding carboxylic acids is 2. The summed E-state index contributed by atoms with van der Waals surface area (Å²) in [6.45, 7) is 23.6. The molecule has 0 aliphatic heterocycles. The number of carbonyl (C=O) groups is 5. The Kier molecular flexibility index (Phi) is 41.6. The number of methoxy groups -OCH3 is 3. The van der Waals surface area contributed by atoms with Gasteiger partial charge in [-0.1, -0.05) is 290 Å². The summed E-state index contributed by atoms with van der Waals surface area (Å²) in [5.74, 6) is 1.03. The van der Waals surface area contributed by atoms with Gasteiger partial charge in [0.15, 0.2) is 0 Å².